The lowest BCUT2D eigenvalue weighted by Crippen LogP contribution is -2.23. The number of thioether (sulfide) groups is 1. The summed E-state index contributed by atoms with van der Waals surface area (Å²) in [6.07, 6.45) is 1.58. The van der Waals surface area contributed by atoms with Gasteiger partial charge in [0.1, 0.15) is 6.33 Å². The number of hydrogen-bond donors (Lipinski definition) is 2. The van der Waals surface area contributed by atoms with Gasteiger partial charge in [-0.2, -0.15) is 0 Å². The van der Waals surface area contributed by atoms with E-state index < -0.39 is 0 Å². The van der Waals surface area contributed by atoms with Crippen LogP contribution in [0.2, 0.25) is 5.02 Å². The van der Waals surface area contributed by atoms with Crippen molar-refractivity contribution in [2.24, 2.45) is 7.05 Å². The molecule has 7 nitrogen and oxygen atoms in total. The van der Waals surface area contributed by atoms with Crippen molar-refractivity contribution in [1.82, 2.24) is 20.1 Å². The van der Waals surface area contributed by atoms with E-state index >= 15 is 0 Å². The van der Waals surface area contributed by atoms with Crippen molar-refractivity contribution in [2.75, 3.05) is 11.1 Å². The van der Waals surface area contributed by atoms with Gasteiger partial charge < -0.3 is 15.2 Å². The zero-order chi connectivity index (χ0) is 19.9. The molecule has 0 spiro atoms. The standard InChI is InChI=1S/C19H18ClN5O2S/c1-25-12-22-24-19(25)28-11-17(26)23-15-8-6-13(7-9-15)18(27)21-10-14-4-2-3-5-16(14)20/h2-9,12H,10-11H2,1H3,(H,21,27)(H,23,26). The number of nitrogens with one attached hydrogen (secondary N) is 2. The van der Waals surface area contributed by atoms with E-state index in [1.807, 2.05) is 25.2 Å². The molecule has 2 aromatic carbocycles. The Labute approximate surface area is 171 Å². The Morgan fingerprint density at radius 3 is 2.57 bits per heavy atom. The van der Waals surface area contributed by atoms with Crippen LogP contribution in [0.25, 0.3) is 0 Å². The first-order chi connectivity index (χ1) is 13.5. The SMILES string of the molecule is Cn1cnnc1SCC(=O)Nc1ccc(C(=O)NCc2ccccc2Cl)cc1. The van der Waals surface area contributed by atoms with Gasteiger partial charge in [0.2, 0.25) is 5.91 Å². The molecule has 2 N–H and O–H groups in total. The quantitative estimate of drug-likeness (QED) is 0.579. The molecular formula is C19H18ClN5O2S. The lowest BCUT2D eigenvalue weighted by Gasteiger charge is -2.08. The van der Waals surface area contributed by atoms with Crippen molar-refractivity contribution in [2.45, 2.75) is 11.7 Å². The number of aryl methyl sites for hydroxylation is 1. The molecule has 0 aliphatic carbocycles. The fourth-order valence-electron chi connectivity index (χ4n) is 2.35. The first-order valence-corrected chi connectivity index (χ1v) is 9.77. The molecular weight excluding hydrogens is 398 g/mol. The van der Waals surface area contributed by atoms with E-state index in [4.69, 9.17) is 11.6 Å². The van der Waals surface area contributed by atoms with Crippen LogP contribution in [0.15, 0.2) is 60.0 Å². The Hall–Kier alpha value is -2.84. The predicted molar refractivity (Wildman–Crippen MR) is 109 cm³/mol. The van der Waals surface area contributed by atoms with Crippen LogP contribution < -0.4 is 10.6 Å². The van der Waals surface area contributed by atoms with Crippen LogP contribution >= 0.6 is 23.4 Å². The molecule has 144 valence electrons. The smallest absolute Gasteiger partial charge is 0.251 e. The summed E-state index contributed by atoms with van der Waals surface area (Å²) < 4.78 is 1.74. The molecule has 9 heteroatoms. The van der Waals surface area contributed by atoms with Crippen LogP contribution in [-0.2, 0) is 18.4 Å². The van der Waals surface area contributed by atoms with Gasteiger partial charge in [-0.25, -0.2) is 0 Å². The highest BCUT2D eigenvalue weighted by atomic mass is 35.5. The van der Waals surface area contributed by atoms with Crippen molar-refractivity contribution < 1.29 is 9.59 Å². The highest BCUT2D eigenvalue weighted by Crippen LogP contribution is 2.16. The van der Waals surface area contributed by atoms with Crippen molar-refractivity contribution in [1.29, 1.82) is 0 Å². The van der Waals surface area contributed by atoms with Gasteiger partial charge >= 0.3 is 0 Å². The van der Waals surface area contributed by atoms with Crippen molar-refractivity contribution in [3.8, 4) is 0 Å². The van der Waals surface area contributed by atoms with Crippen LogP contribution in [0.5, 0.6) is 0 Å². The molecule has 0 aliphatic rings. The van der Waals surface area contributed by atoms with E-state index in [9.17, 15) is 9.59 Å². The van der Waals surface area contributed by atoms with Gasteiger partial charge in [-0.05, 0) is 35.9 Å². The topological polar surface area (TPSA) is 88.9 Å². The maximum Gasteiger partial charge on any atom is 0.251 e. The lowest BCUT2D eigenvalue weighted by atomic mass is 10.1. The third-order valence-electron chi connectivity index (χ3n) is 3.83. The van der Waals surface area contributed by atoms with Crippen LogP contribution in [-0.4, -0.2) is 32.3 Å². The summed E-state index contributed by atoms with van der Waals surface area (Å²) in [6, 6.07) is 14.1. The Morgan fingerprint density at radius 1 is 1.14 bits per heavy atom. The highest BCUT2D eigenvalue weighted by molar-refractivity contribution is 7.99. The monoisotopic (exact) mass is 415 g/mol. The zero-order valence-electron chi connectivity index (χ0n) is 15.1. The molecule has 0 bridgehead atoms. The number of anilines is 1. The molecule has 0 atom stereocenters. The molecule has 1 heterocycles. The summed E-state index contributed by atoms with van der Waals surface area (Å²) in [5, 5.41) is 14.6. The highest BCUT2D eigenvalue weighted by Gasteiger charge is 2.09. The van der Waals surface area contributed by atoms with E-state index in [2.05, 4.69) is 20.8 Å². The van der Waals surface area contributed by atoms with Crippen molar-refractivity contribution in [3.05, 3.63) is 71.0 Å². The zero-order valence-corrected chi connectivity index (χ0v) is 16.6. The number of aromatic nitrogens is 3. The number of amides is 2. The second-order valence-corrected chi connectivity index (χ2v) is 7.26. The van der Waals surface area contributed by atoms with Gasteiger partial charge in [0.05, 0.1) is 5.75 Å². The third kappa shape index (κ3) is 5.34. The number of nitrogens with zero attached hydrogens (tertiary/aromatic N) is 3. The number of carbonyl (C=O) groups excluding carboxylic acids is 2. The Bertz CT molecular complexity index is 974. The summed E-state index contributed by atoms with van der Waals surface area (Å²) in [5.74, 6) is -0.161. The summed E-state index contributed by atoms with van der Waals surface area (Å²) in [5.41, 5.74) is 1.96. The number of benzene rings is 2. The van der Waals surface area contributed by atoms with Crippen LogP contribution in [0.3, 0.4) is 0 Å². The first kappa shape index (κ1) is 19.9. The second kappa shape index (κ2) is 9.38. The normalized spacial score (nSPS) is 10.5. The van der Waals surface area contributed by atoms with Crippen molar-refractivity contribution >= 4 is 40.9 Å². The minimum absolute atomic E-state index is 0.163. The Kier molecular flexibility index (Phi) is 6.67. The van der Waals surface area contributed by atoms with E-state index in [1.165, 1.54) is 11.8 Å². The van der Waals surface area contributed by atoms with Crippen molar-refractivity contribution in [3.63, 3.8) is 0 Å². The number of hydrogen-bond acceptors (Lipinski definition) is 5. The van der Waals surface area contributed by atoms with Gasteiger partial charge in [0.15, 0.2) is 5.16 Å². The number of carbonyl (C=O) groups is 2. The van der Waals surface area contributed by atoms with E-state index in [1.54, 1.807) is 41.2 Å². The second-order valence-electron chi connectivity index (χ2n) is 5.91. The molecule has 0 unspecified atom stereocenters. The molecule has 3 rings (SSSR count). The maximum atomic E-state index is 12.3. The van der Waals surface area contributed by atoms with Crippen LogP contribution in [0.1, 0.15) is 15.9 Å². The molecule has 0 fully saturated rings. The molecule has 28 heavy (non-hydrogen) atoms. The summed E-state index contributed by atoms with van der Waals surface area (Å²) in [7, 11) is 1.82. The molecule has 1 aromatic heterocycles. The molecule has 3 aromatic rings. The fraction of sp³-hybridized carbons (Fsp3) is 0.158. The van der Waals surface area contributed by atoms with Crippen LogP contribution in [0, 0.1) is 0 Å². The lowest BCUT2D eigenvalue weighted by molar-refractivity contribution is -0.113. The molecule has 0 saturated heterocycles. The first-order valence-electron chi connectivity index (χ1n) is 8.41. The minimum atomic E-state index is -0.212. The fourth-order valence-corrected chi connectivity index (χ4v) is 3.25. The van der Waals surface area contributed by atoms with Gasteiger partial charge in [-0.3, -0.25) is 9.59 Å². The van der Waals surface area contributed by atoms with Crippen LogP contribution in [0.4, 0.5) is 5.69 Å². The minimum Gasteiger partial charge on any atom is -0.348 e. The van der Waals surface area contributed by atoms with Gasteiger partial charge in [0.25, 0.3) is 5.91 Å². The largest absolute Gasteiger partial charge is 0.348 e. The average Bonchev–Trinajstić information content (AvgIpc) is 3.11. The van der Waals surface area contributed by atoms with E-state index in [0.717, 1.165) is 5.56 Å². The molecule has 0 radical (unpaired) electrons. The average molecular weight is 416 g/mol. The summed E-state index contributed by atoms with van der Waals surface area (Å²) in [4.78, 5) is 24.3. The van der Waals surface area contributed by atoms with Gasteiger partial charge in [0, 0.05) is 29.9 Å². The predicted octanol–water partition coefficient (Wildman–Crippen LogP) is 3.13. The Morgan fingerprint density at radius 2 is 1.89 bits per heavy atom. The van der Waals surface area contributed by atoms with E-state index in [0.29, 0.717) is 28.0 Å². The molecule has 0 saturated carbocycles. The summed E-state index contributed by atoms with van der Waals surface area (Å²) >= 11 is 7.39. The number of halogens is 1. The molecule has 0 aliphatic heterocycles. The Balaban J connectivity index is 1.50. The number of rotatable bonds is 7. The third-order valence-corrected chi connectivity index (χ3v) is 5.23. The van der Waals surface area contributed by atoms with E-state index in [-0.39, 0.29) is 17.6 Å². The molecule has 2 amide bonds. The summed E-state index contributed by atoms with van der Waals surface area (Å²) in [6.45, 7) is 0.344. The maximum absolute atomic E-state index is 12.3. The van der Waals surface area contributed by atoms with Gasteiger partial charge in [-0.1, -0.05) is 41.6 Å². The van der Waals surface area contributed by atoms with Gasteiger partial charge in [-0.15, -0.1) is 10.2 Å².